The second-order valence-corrected chi connectivity index (χ2v) is 4.50. The maximum Gasteiger partial charge on any atom is 0.102 e. The highest BCUT2D eigenvalue weighted by Crippen LogP contribution is 2.20. The molecule has 2 heterocycles. The van der Waals surface area contributed by atoms with Crippen molar-refractivity contribution >= 4 is 0 Å². The van der Waals surface area contributed by atoms with E-state index in [9.17, 15) is 0 Å². The first kappa shape index (κ1) is 10.6. The summed E-state index contributed by atoms with van der Waals surface area (Å²) in [4.78, 5) is 0. The smallest absolute Gasteiger partial charge is 0.102 e. The van der Waals surface area contributed by atoms with Crippen molar-refractivity contribution in [3.63, 3.8) is 0 Å². The first-order valence-corrected chi connectivity index (χ1v) is 5.55. The van der Waals surface area contributed by atoms with Crippen LogP contribution in [0.15, 0.2) is 6.20 Å². The average molecular weight is 209 g/mol. The van der Waals surface area contributed by atoms with E-state index in [1.54, 1.807) is 0 Å². The molecule has 1 aliphatic rings. The predicted molar refractivity (Wildman–Crippen MR) is 58.4 cm³/mol. The molecule has 0 bridgehead atoms. The molecule has 5 heteroatoms. The lowest BCUT2D eigenvalue weighted by Gasteiger charge is -2.18. The lowest BCUT2D eigenvalue weighted by atomic mass is 9.97. The summed E-state index contributed by atoms with van der Waals surface area (Å²) in [5, 5.41) is 11.6. The molecule has 2 rings (SSSR count). The summed E-state index contributed by atoms with van der Waals surface area (Å²) in [5.74, 6) is 0. The van der Waals surface area contributed by atoms with E-state index in [0.29, 0.717) is 6.04 Å². The van der Waals surface area contributed by atoms with Gasteiger partial charge in [0.1, 0.15) is 5.69 Å². The third kappa shape index (κ3) is 2.03. The molecular weight excluding hydrogens is 190 g/mol. The van der Waals surface area contributed by atoms with Crippen LogP contribution < -0.4 is 11.1 Å². The molecule has 0 spiro atoms. The largest absolute Gasteiger partial charge is 0.320 e. The van der Waals surface area contributed by atoms with Crippen LogP contribution >= 0.6 is 0 Å². The Morgan fingerprint density at radius 3 is 3.13 bits per heavy atom. The molecule has 1 fully saturated rings. The minimum Gasteiger partial charge on any atom is -0.320 e. The van der Waals surface area contributed by atoms with Crippen LogP contribution in [0, 0.1) is 0 Å². The summed E-state index contributed by atoms with van der Waals surface area (Å²) in [6.07, 6.45) is 3.98. The molecule has 3 N–H and O–H groups in total. The lowest BCUT2D eigenvalue weighted by Crippen LogP contribution is -2.32. The fraction of sp³-hybridized carbons (Fsp3) is 0.800. The van der Waals surface area contributed by atoms with E-state index in [-0.39, 0.29) is 5.54 Å². The summed E-state index contributed by atoms with van der Waals surface area (Å²) in [5.41, 5.74) is 6.65. The zero-order valence-corrected chi connectivity index (χ0v) is 9.40. The molecule has 0 aromatic carbocycles. The molecule has 0 saturated carbocycles. The fourth-order valence-electron chi connectivity index (χ4n) is 1.76. The molecule has 1 aromatic rings. The van der Waals surface area contributed by atoms with Gasteiger partial charge in [-0.05, 0) is 26.3 Å². The van der Waals surface area contributed by atoms with Gasteiger partial charge in [0.2, 0.25) is 0 Å². The Kier molecular flexibility index (Phi) is 2.75. The molecule has 5 nitrogen and oxygen atoms in total. The van der Waals surface area contributed by atoms with Crippen LogP contribution in [0.2, 0.25) is 0 Å². The number of hydrogen-bond donors (Lipinski definition) is 2. The van der Waals surface area contributed by atoms with Gasteiger partial charge in [0, 0.05) is 6.54 Å². The van der Waals surface area contributed by atoms with Crippen LogP contribution in [-0.4, -0.2) is 28.1 Å². The number of nitrogens with zero attached hydrogens (tertiary/aromatic N) is 3. The topological polar surface area (TPSA) is 68.8 Å². The van der Waals surface area contributed by atoms with Crippen molar-refractivity contribution in [3.05, 3.63) is 11.9 Å². The SMILES string of the molecule is CC[C@@](C)(N)c1cn([C@H]2CCNC2)nn1. The highest BCUT2D eigenvalue weighted by molar-refractivity contribution is 5.07. The monoisotopic (exact) mass is 209 g/mol. The van der Waals surface area contributed by atoms with Crippen LogP contribution in [-0.2, 0) is 5.54 Å². The highest BCUT2D eigenvalue weighted by Gasteiger charge is 2.25. The van der Waals surface area contributed by atoms with E-state index in [1.165, 1.54) is 0 Å². The van der Waals surface area contributed by atoms with Gasteiger partial charge in [-0.2, -0.15) is 0 Å². The first-order chi connectivity index (χ1) is 7.13. The fourth-order valence-corrected chi connectivity index (χ4v) is 1.76. The Balaban J connectivity index is 2.16. The third-order valence-corrected chi connectivity index (χ3v) is 3.24. The van der Waals surface area contributed by atoms with E-state index in [2.05, 4.69) is 22.6 Å². The van der Waals surface area contributed by atoms with Gasteiger partial charge in [-0.25, -0.2) is 4.68 Å². The summed E-state index contributed by atoms with van der Waals surface area (Å²) in [6, 6.07) is 0.443. The van der Waals surface area contributed by atoms with Crippen LogP contribution in [0.1, 0.15) is 38.4 Å². The standard InChI is InChI=1S/C10H19N5/c1-3-10(2,11)9-7-15(14-13-9)8-4-5-12-6-8/h7-8,12H,3-6,11H2,1-2H3/t8-,10+/m0/s1. The molecular formula is C10H19N5. The zero-order chi connectivity index (χ0) is 10.9. The number of nitrogens with one attached hydrogen (secondary N) is 1. The highest BCUT2D eigenvalue weighted by atomic mass is 15.4. The van der Waals surface area contributed by atoms with Crippen molar-refractivity contribution in [2.24, 2.45) is 5.73 Å². The molecule has 2 atom stereocenters. The lowest BCUT2D eigenvalue weighted by molar-refractivity contribution is 0.461. The molecule has 0 aliphatic carbocycles. The van der Waals surface area contributed by atoms with Crippen molar-refractivity contribution < 1.29 is 0 Å². The van der Waals surface area contributed by atoms with Crippen LogP contribution in [0.5, 0.6) is 0 Å². The quantitative estimate of drug-likeness (QED) is 0.756. The first-order valence-electron chi connectivity index (χ1n) is 5.55. The molecule has 0 radical (unpaired) electrons. The van der Waals surface area contributed by atoms with Crippen LogP contribution in [0.3, 0.4) is 0 Å². The normalized spacial score (nSPS) is 25.4. The van der Waals surface area contributed by atoms with Gasteiger partial charge >= 0.3 is 0 Å². The molecule has 1 saturated heterocycles. The van der Waals surface area contributed by atoms with E-state index >= 15 is 0 Å². The zero-order valence-electron chi connectivity index (χ0n) is 9.40. The summed E-state index contributed by atoms with van der Waals surface area (Å²) < 4.78 is 1.94. The molecule has 1 aromatic heterocycles. The predicted octanol–water partition coefficient (Wildman–Crippen LogP) is 0.396. The average Bonchev–Trinajstić information content (AvgIpc) is 2.88. The third-order valence-electron chi connectivity index (χ3n) is 3.24. The maximum absolute atomic E-state index is 6.12. The van der Waals surface area contributed by atoms with Crippen molar-refractivity contribution in [1.29, 1.82) is 0 Å². The van der Waals surface area contributed by atoms with Crippen molar-refractivity contribution in [2.45, 2.75) is 38.3 Å². The van der Waals surface area contributed by atoms with Crippen LogP contribution in [0.25, 0.3) is 0 Å². The molecule has 15 heavy (non-hydrogen) atoms. The van der Waals surface area contributed by atoms with Gasteiger partial charge in [-0.1, -0.05) is 12.1 Å². The number of hydrogen-bond acceptors (Lipinski definition) is 4. The Morgan fingerprint density at radius 2 is 2.53 bits per heavy atom. The van der Waals surface area contributed by atoms with Crippen molar-refractivity contribution in [2.75, 3.05) is 13.1 Å². The second kappa shape index (κ2) is 3.90. The second-order valence-electron chi connectivity index (χ2n) is 4.50. The Bertz CT molecular complexity index is 324. The maximum atomic E-state index is 6.12. The number of nitrogens with two attached hydrogens (primary N) is 1. The van der Waals surface area contributed by atoms with Crippen molar-refractivity contribution in [1.82, 2.24) is 20.3 Å². The van der Waals surface area contributed by atoms with E-state index in [1.807, 2.05) is 17.8 Å². The Morgan fingerprint density at radius 1 is 1.73 bits per heavy atom. The molecule has 0 unspecified atom stereocenters. The molecule has 1 aliphatic heterocycles. The molecule has 84 valence electrons. The Hall–Kier alpha value is -0.940. The summed E-state index contributed by atoms with van der Waals surface area (Å²) in [6.45, 7) is 6.11. The summed E-state index contributed by atoms with van der Waals surface area (Å²) in [7, 11) is 0. The van der Waals surface area contributed by atoms with Crippen LogP contribution in [0.4, 0.5) is 0 Å². The number of rotatable bonds is 3. The van der Waals surface area contributed by atoms with Crippen molar-refractivity contribution in [3.8, 4) is 0 Å². The van der Waals surface area contributed by atoms with E-state index in [0.717, 1.165) is 31.6 Å². The van der Waals surface area contributed by atoms with E-state index in [4.69, 9.17) is 5.73 Å². The minimum atomic E-state index is -0.357. The van der Waals surface area contributed by atoms with E-state index < -0.39 is 0 Å². The van der Waals surface area contributed by atoms with Gasteiger partial charge in [0.15, 0.2) is 0 Å². The van der Waals surface area contributed by atoms with Gasteiger partial charge < -0.3 is 11.1 Å². The minimum absolute atomic E-state index is 0.357. The number of aromatic nitrogens is 3. The Labute approximate surface area is 90.0 Å². The van der Waals surface area contributed by atoms with Gasteiger partial charge in [-0.15, -0.1) is 5.10 Å². The summed E-state index contributed by atoms with van der Waals surface area (Å²) >= 11 is 0. The van der Waals surface area contributed by atoms with Gasteiger partial charge in [0.25, 0.3) is 0 Å². The molecule has 0 amide bonds. The van der Waals surface area contributed by atoms with Gasteiger partial charge in [-0.3, -0.25) is 0 Å². The van der Waals surface area contributed by atoms with Gasteiger partial charge in [0.05, 0.1) is 17.8 Å².